The van der Waals surface area contributed by atoms with E-state index in [9.17, 15) is 4.39 Å². The first kappa shape index (κ1) is 10.5. The average Bonchev–Trinajstić information content (AvgIpc) is 2.25. The van der Waals surface area contributed by atoms with Gasteiger partial charge in [0.2, 0.25) is 0 Å². The lowest BCUT2D eigenvalue weighted by atomic mass is 9.82. The third-order valence-corrected chi connectivity index (χ3v) is 3.46. The van der Waals surface area contributed by atoms with E-state index in [-0.39, 0.29) is 5.82 Å². The summed E-state index contributed by atoms with van der Waals surface area (Å²) >= 11 is 0. The molecule has 1 saturated carbocycles. The standard InChI is InChI=1S/C13H14FN3/c14-10-5-4-9-6-12(17-15)13(8-2-1-3-8)16-11(9)7-10/h4-8,17H,1-3,15H2. The van der Waals surface area contributed by atoms with Gasteiger partial charge in [-0.2, -0.15) is 0 Å². The minimum atomic E-state index is -0.252. The van der Waals surface area contributed by atoms with Crippen LogP contribution in [-0.4, -0.2) is 4.98 Å². The Kier molecular flexibility index (Phi) is 2.44. The molecular formula is C13H14FN3. The fourth-order valence-corrected chi connectivity index (χ4v) is 2.26. The third kappa shape index (κ3) is 1.74. The van der Waals surface area contributed by atoms with Crippen LogP contribution in [0.2, 0.25) is 0 Å². The number of aromatic nitrogens is 1. The summed E-state index contributed by atoms with van der Waals surface area (Å²) < 4.78 is 13.2. The second-order valence-corrected chi connectivity index (χ2v) is 4.53. The maximum Gasteiger partial charge on any atom is 0.125 e. The first-order chi connectivity index (χ1) is 8.28. The van der Waals surface area contributed by atoms with Crippen molar-refractivity contribution in [3.8, 4) is 0 Å². The van der Waals surface area contributed by atoms with E-state index < -0.39 is 0 Å². The molecule has 4 heteroatoms. The second-order valence-electron chi connectivity index (χ2n) is 4.53. The molecule has 0 radical (unpaired) electrons. The Morgan fingerprint density at radius 3 is 2.76 bits per heavy atom. The van der Waals surface area contributed by atoms with Crippen LogP contribution < -0.4 is 11.3 Å². The van der Waals surface area contributed by atoms with Gasteiger partial charge in [0.05, 0.1) is 16.9 Å². The maximum atomic E-state index is 13.2. The monoisotopic (exact) mass is 231 g/mol. The Hall–Kier alpha value is -1.68. The average molecular weight is 231 g/mol. The van der Waals surface area contributed by atoms with Gasteiger partial charge in [0.25, 0.3) is 0 Å². The number of nitrogens with one attached hydrogen (secondary N) is 1. The molecule has 0 saturated heterocycles. The van der Waals surface area contributed by atoms with Crippen LogP contribution in [-0.2, 0) is 0 Å². The van der Waals surface area contributed by atoms with Gasteiger partial charge in [-0.1, -0.05) is 6.42 Å². The van der Waals surface area contributed by atoms with Gasteiger partial charge in [0, 0.05) is 17.4 Å². The zero-order valence-electron chi connectivity index (χ0n) is 9.41. The number of halogens is 1. The number of nitrogens with zero attached hydrogens (tertiary/aromatic N) is 1. The van der Waals surface area contributed by atoms with Crippen molar-refractivity contribution in [3.63, 3.8) is 0 Å². The molecule has 0 atom stereocenters. The number of pyridine rings is 1. The quantitative estimate of drug-likeness (QED) is 0.617. The van der Waals surface area contributed by atoms with Crippen molar-refractivity contribution in [1.82, 2.24) is 4.98 Å². The molecule has 1 aliphatic rings. The van der Waals surface area contributed by atoms with Crippen LogP contribution in [0.25, 0.3) is 10.9 Å². The van der Waals surface area contributed by atoms with E-state index >= 15 is 0 Å². The van der Waals surface area contributed by atoms with Crippen molar-refractivity contribution >= 4 is 16.6 Å². The number of hydrogen-bond donors (Lipinski definition) is 2. The number of fused-ring (bicyclic) bond motifs is 1. The van der Waals surface area contributed by atoms with Crippen LogP contribution in [0.3, 0.4) is 0 Å². The summed E-state index contributed by atoms with van der Waals surface area (Å²) in [5.74, 6) is 5.74. The van der Waals surface area contributed by atoms with Crippen molar-refractivity contribution < 1.29 is 4.39 Å². The molecule has 17 heavy (non-hydrogen) atoms. The molecular weight excluding hydrogens is 217 g/mol. The van der Waals surface area contributed by atoms with Gasteiger partial charge in [0.15, 0.2) is 0 Å². The molecule has 3 rings (SSSR count). The molecule has 3 nitrogen and oxygen atoms in total. The lowest BCUT2D eigenvalue weighted by Crippen LogP contribution is -2.16. The van der Waals surface area contributed by atoms with Gasteiger partial charge in [-0.25, -0.2) is 4.39 Å². The fourth-order valence-electron chi connectivity index (χ4n) is 2.26. The number of nitrogen functional groups attached to an aromatic ring is 1. The number of benzene rings is 1. The molecule has 2 aromatic rings. The molecule has 1 heterocycles. The van der Waals surface area contributed by atoms with Gasteiger partial charge in [-0.3, -0.25) is 10.8 Å². The summed E-state index contributed by atoms with van der Waals surface area (Å²) in [4.78, 5) is 4.55. The van der Waals surface area contributed by atoms with Gasteiger partial charge < -0.3 is 5.43 Å². The molecule has 0 amide bonds. The van der Waals surface area contributed by atoms with Crippen molar-refractivity contribution in [1.29, 1.82) is 0 Å². The summed E-state index contributed by atoms with van der Waals surface area (Å²) in [5, 5.41) is 0.905. The largest absolute Gasteiger partial charge is 0.322 e. The van der Waals surface area contributed by atoms with Crippen LogP contribution in [0, 0.1) is 5.82 Å². The first-order valence-corrected chi connectivity index (χ1v) is 5.85. The molecule has 88 valence electrons. The Bertz CT molecular complexity index is 564. The molecule has 0 spiro atoms. The minimum Gasteiger partial charge on any atom is -0.322 e. The lowest BCUT2D eigenvalue weighted by Gasteiger charge is -2.26. The van der Waals surface area contributed by atoms with Crippen LogP contribution in [0.4, 0.5) is 10.1 Å². The van der Waals surface area contributed by atoms with E-state index in [1.807, 2.05) is 6.07 Å². The van der Waals surface area contributed by atoms with Crippen LogP contribution in [0.5, 0.6) is 0 Å². The summed E-state index contributed by atoms with van der Waals surface area (Å²) in [7, 11) is 0. The summed E-state index contributed by atoms with van der Waals surface area (Å²) in [5.41, 5.74) is 5.22. The first-order valence-electron chi connectivity index (χ1n) is 5.85. The summed E-state index contributed by atoms with van der Waals surface area (Å²) in [6, 6.07) is 6.57. The smallest absolute Gasteiger partial charge is 0.125 e. The number of rotatable bonds is 2. The molecule has 1 aromatic heterocycles. The molecule has 3 N–H and O–H groups in total. The Balaban J connectivity index is 2.18. The van der Waals surface area contributed by atoms with E-state index in [1.54, 1.807) is 6.07 Å². The molecule has 0 aliphatic heterocycles. The second kappa shape index (κ2) is 3.96. The molecule has 0 bridgehead atoms. The molecule has 1 aliphatic carbocycles. The highest BCUT2D eigenvalue weighted by molar-refractivity contribution is 5.83. The minimum absolute atomic E-state index is 0.252. The third-order valence-electron chi connectivity index (χ3n) is 3.46. The van der Waals surface area contributed by atoms with E-state index in [0.29, 0.717) is 11.4 Å². The van der Waals surface area contributed by atoms with Gasteiger partial charge >= 0.3 is 0 Å². The van der Waals surface area contributed by atoms with Crippen LogP contribution >= 0.6 is 0 Å². The zero-order chi connectivity index (χ0) is 11.8. The lowest BCUT2D eigenvalue weighted by molar-refractivity contribution is 0.413. The number of anilines is 1. The van der Waals surface area contributed by atoms with Gasteiger partial charge in [-0.15, -0.1) is 0 Å². The summed E-state index contributed by atoms with van der Waals surface area (Å²) in [6.45, 7) is 0. The predicted molar refractivity (Wildman–Crippen MR) is 66.1 cm³/mol. The Labute approximate surface area is 98.8 Å². The normalized spacial score (nSPS) is 15.9. The zero-order valence-corrected chi connectivity index (χ0v) is 9.41. The van der Waals surface area contributed by atoms with Crippen molar-refractivity contribution in [2.24, 2.45) is 5.84 Å². The van der Waals surface area contributed by atoms with E-state index in [0.717, 1.165) is 29.6 Å². The predicted octanol–water partition coefficient (Wildman–Crippen LogP) is 2.93. The number of hydrogen-bond acceptors (Lipinski definition) is 3. The SMILES string of the molecule is NNc1cc2ccc(F)cc2nc1C1CCC1. The van der Waals surface area contributed by atoms with Crippen molar-refractivity contribution in [2.75, 3.05) is 5.43 Å². The molecule has 0 unspecified atom stereocenters. The topological polar surface area (TPSA) is 50.9 Å². The van der Waals surface area contributed by atoms with Crippen LogP contribution in [0.1, 0.15) is 30.9 Å². The maximum absolute atomic E-state index is 13.2. The highest BCUT2D eigenvalue weighted by atomic mass is 19.1. The Morgan fingerprint density at radius 1 is 1.29 bits per heavy atom. The molecule has 1 aromatic carbocycles. The van der Waals surface area contributed by atoms with E-state index in [4.69, 9.17) is 5.84 Å². The number of hydrazine groups is 1. The summed E-state index contributed by atoms with van der Waals surface area (Å²) in [6.07, 6.45) is 3.52. The Morgan fingerprint density at radius 2 is 2.12 bits per heavy atom. The van der Waals surface area contributed by atoms with Crippen molar-refractivity contribution in [2.45, 2.75) is 25.2 Å². The van der Waals surface area contributed by atoms with E-state index in [2.05, 4.69) is 10.4 Å². The van der Waals surface area contributed by atoms with Crippen molar-refractivity contribution in [3.05, 3.63) is 35.8 Å². The van der Waals surface area contributed by atoms with E-state index in [1.165, 1.54) is 18.6 Å². The highest BCUT2D eigenvalue weighted by Gasteiger charge is 2.24. The van der Waals surface area contributed by atoms with Crippen LogP contribution in [0.15, 0.2) is 24.3 Å². The molecule has 1 fully saturated rings. The highest BCUT2D eigenvalue weighted by Crippen LogP contribution is 2.39. The number of nitrogens with two attached hydrogens (primary N) is 1. The van der Waals surface area contributed by atoms with Gasteiger partial charge in [0.1, 0.15) is 5.82 Å². The fraction of sp³-hybridized carbons (Fsp3) is 0.308. The van der Waals surface area contributed by atoms with Gasteiger partial charge in [-0.05, 0) is 31.0 Å².